The number of rotatable bonds is 5. The average molecular weight is 421 g/mol. The fourth-order valence-electron chi connectivity index (χ4n) is 3.22. The number of anilines is 1. The average Bonchev–Trinajstić information content (AvgIpc) is 2.92. The molecule has 0 aromatic heterocycles. The molecule has 1 saturated heterocycles. The number of aryl methyl sites for hydroxylation is 1. The normalized spacial score (nSPS) is 18.7. The highest BCUT2D eigenvalue weighted by Gasteiger charge is 2.49. The van der Waals surface area contributed by atoms with Crippen LogP contribution in [-0.2, 0) is 15.1 Å². The molecule has 3 rings (SSSR count). The maximum Gasteiger partial charge on any atom is 0.325 e. The molecule has 1 atom stereocenters. The van der Waals surface area contributed by atoms with Crippen LogP contribution in [0.1, 0.15) is 49.2 Å². The third-order valence-corrected chi connectivity index (χ3v) is 5.35. The molecule has 0 saturated carbocycles. The minimum absolute atomic E-state index is 0.138. The molecule has 1 fully saturated rings. The lowest BCUT2D eigenvalue weighted by Gasteiger charge is -2.22. The number of urea groups is 1. The number of benzene rings is 2. The topological polar surface area (TPSA) is 95.6 Å². The van der Waals surface area contributed by atoms with E-state index in [0.29, 0.717) is 16.8 Å². The van der Waals surface area contributed by atoms with E-state index < -0.39 is 22.9 Å². The maximum atomic E-state index is 13.0. The summed E-state index contributed by atoms with van der Waals surface area (Å²) in [6.07, 6.45) is 0. The van der Waals surface area contributed by atoms with Crippen molar-refractivity contribution in [2.45, 2.75) is 40.2 Å². The van der Waals surface area contributed by atoms with Gasteiger partial charge < -0.3 is 10.6 Å². The van der Waals surface area contributed by atoms with E-state index >= 15 is 0 Å². The Morgan fingerprint density at radius 1 is 1.00 bits per heavy atom. The van der Waals surface area contributed by atoms with Crippen molar-refractivity contribution in [2.75, 3.05) is 11.9 Å². The zero-order chi connectivity index (χ0) is 23.0. The second-order valence-corrected chi connectivity index (χ2v) is 9.02. The Morgan fingerprint density at radius 3 is 2.13 bits per heavy atom. The monoisotopic (exact) mass is 421 g/mol. The SMILES string of the molecule is Cc1ccc([C@@]2(C)NC(=O)N(CC(=O)c3ccc(NC(=O)C(C)(C)C)cc3)C2=O)cc1. The molecule has 0 aliphatic carbocycles. The molecule has 7 heteroatoms. The van der Waals surface area contributed by atoms with E-state index in [4.69, 9.17) is 0 Å². The summed E-state index contributed by atoms with van der Waals surface area (Å²) in [4.78, 5) is 51.2. The highest BCUT2D eigenvalue weighted by Crippen LogP contribution is 2.29. The number of nitrogens with zero attached hydrogens (tertiary/aromatic N) is 1. The molecule has 4 amide bonds. The molecule has 0 radical (unpaired) electrons. The first kappa shape index (κ1) is 22.2. The van der Waals surface area contributed by atoms with Crippen LogP contribution in [-0.4, -0.2) is 35.1 Å². The van der Waals surface area contributed by atoms with Crippen molar-refractivity contribution in [3.05, 3.63) is 65.2 Å². The summed E-state index contributed by atoms with van der Waals surface area (Å²) in [5.74, 6) is -0.976. The third kappa shape index (κ3) is 4.50. The van der Waals surface area contributed by atoms with E-state index in [1.54, 1.807) is 43.3 Å². The molecule has 2 aromatic carbocycles. The van der Waals surface area contributed by atoms with Crippen LogP contribution in [0.2, 0.25) is 0 Å². The summed E-state index contributed by atoms with van der Waals surface area (Å²) < 4.78 is 0. The van der Waals surface area contributed by atoms with Crippen molar-refractivity contribution in [1.29, 1.82) is 0 Å². The molecule has 31 heavy (non-hydrogen) atoms. The summed E-state index contributed by atoms with van der Waals surface area (Å²) in [7, 11) is 0. The van der Waals surface area contributed by atoms with Gasteiger partial charge in [0, 0.05) is 16.7 Å². The first-order valence-electron chi connectivity index (χ1n) is 10.1. The lowest BCUT2D eigenvalue weighted by atomic mass is 9.91. The highest BCUT2D eigenvalue weighted by atomic mass is 16.2. The standard InChI is InChI=1S/C24H27N3O4/c1-15-6-10-17(11-7-15)24(5)21(30)27(22(31)26-24)14-19(28)16-8-12-18(13-9-16)25-20(29)23(2,3)4/h6-13H,14H2,1-5H3,(H,25,29)(H,26,31)/t24-/m1/s1. The van der Waals surface area contributed by atoms with E-state index in [1.165, 1.54) is 0 Å². The van der Waals surface area contributed by atoms with Crippen molar-refractivity contribution in [3.8, 4) is 0 Å². The maximum absolute atomic E-state index is 13.0. The van der Waals surface area contributed by atoms with Crippen LogP contribution < -0.4 is 10.6 Å². The molecule has 2 aromatic rings. The van der Waals surface area contributed by atoms with Crippen molar-refractivity contribution in [2.24, 2.45) is 5.41 Å². The first-order valence-corrected chi connectivity index (χ1v) is 10.1. The number of hydrogen-bond acceptors (Lipinski definition) is 4. The van der Waals surface area contributed by atoms with Crippen LogP contribution in [0.25, 0.3) is 0 Å². The number of Topliss-reactive ketones (excluding diaryl/α,β-unsaturated/α-hetero) is 1. The quantitative estimate of drug-likeness (QED) is 0.569. The molecule has 1 aliphatic heterocycles. The zero-order valence-electron chi connectivity index (χ0n) is 18.4. The smallest absolute Gasteiger partial charge is 0.325 e. The number of carbonyl (C=O) groups is 4. The first-order chi connectivity index (χ1) is 14.4. The summed E-state index contributed by atoms with van der Waals surface area (Å²) >= 11 is 0. The number of amides is 4. The summed E-state index contributed by atoms with van der Waals surface area (Å²) in [5, 5.41) is 5.49. The predicted octanol–water partition coefficient (Wildman–Crippen LogP) is 3.63. The van der Waals surface area contributed by atoms with Crippen LogP contribution >= 0.6 is 0 Å². The summed E-state index contributed by atoms with van der Waals surface area (Å²) in [6, 6.07) is 13.1. The van der Waals surface area contributed by atoms with Crippen LogP contribution in [0.3, 0.4) is 0 Å². The Morgan fingerprint density at radius 2 is 1.58 bits per heavy atom. The van der Waals surface area contributed by atoms with Crippen LogP contribution in [0, 0.1) is 12.3 Å². The van der Waals surface area contributed by atoms with Crippen molar-refractivity contribution in [3.63, 3.8) is 0 Å². The van der Waals surface area contributed by atoms with Crippen molar-refractivity contribution >= 4 is 29.3 Å². The molecule has 0 bridgehead atoms. The van der Waals surface area contributed by atoms with E-state index in [0.717, 1.165) is 10.5 Å². The Balaban J connectivity index is 1.71. The number of hydrogen-bond donors (Lipinski definition) is 2. The minimum atomic E-state index is -1.22. The van der Waals surface area contributed by atoms with Crippen LogP contribution in [0.4, 0.5) is 10.5 Å². The van der Waals surface area contributed by atoms with E-state index in [1.807, 2.05) is 39.8 Å². The van der Waals surface area contributed by atoms with Gasteiger partial charge in [-0.3, -0.25) is 19.3 Å². The molecule has 0 spiro atoms. The van der Waals surface area contributed by atoms with E-state index in [-0.39, 0.29) is 18.2 Å². The van der Waals surface area contributed by atoms with Gasteiger partial charge in [-0.05, 0) is 43.7 Å². The molecule has 0 unspecified atom stereocenters. The molecule has 7 nitrogen and oxygen atoms in total. The van der Waals surface area contributed by atoms with Gasteiger partial charge in [0.2, 0.25) is 5.91 Å². The van der Waals surface area contributed by atoms with Crippen molar-refractivity contribution in [1.82, 2.24) is 10.2 Å². The second-order valence-electron chi connectivity index (χ2n) is 9.02. The predicted molar refractivity (Wildman–Crippen MR) is 118 cm³/mol. The molecule has 1 heterocycles. The van der Waals surface area contributed by atoms with Gasteiger partial charge in [-0.2, -0.15) is 0 Å². The van der Waals surface area contributed by atoms with E-state index in [9.17, 15) is 19.2 Å². The third-order valence-electron chi connectivity index (χ3n) is 5.35. The number of nitrogens with one attached hydrogen (secondary N) is 2. The summed E-state index contributed by atoms with van der Waals surface area (Å²) in [6.45, 7) is 8.63. The van der Waals surface area contributed by atoms with Gasteiger partial charge >= 0.3 is 6.03 Å². The Bertz CT molecular complexity index is 1040. The van der Waals surface area contributed by atoms with Gasteiger partial charge in [-0.15, -0.1) is 0 Å². The lowest BCUT2D eigenvalue weighted by Crippen LogP contribution is -2.41. The molecular weight excluding hydrogens is 394 g/mol. The number of ketones is 1. The molecule has 162 valence electrons. The van der Waals surface area contributed by atoms with Gasteiger partial charge in [0.25, 0.3) is 5.91 Å². The van der Waals surface area contributed by atoms with Crippen LogP contribution in [0.5, 0.6) is 0 Å². The van der Waals surface area contributed by atoms with Gasteiger partial charge in [0.15, 0.2) is 5.78 Å². The fraction of sp³-hybridized carbons (Fsp3) is 0.333. The van der Waals surface area contributed by atoms with Crippen LogP contribution in [0.15, 0.2) is 48.5 Å². The highest BCUT2D eigenvalue weighted by molar-refractivity contribution is 6.11. The zero-order valence-corrected chi connectivity index (χ0v) is 18.4. The minimum Gasteiger partial charge on any atom is -0.326 e. The second kappa shape index (κ2) is 7.98. The van der Waals surface area contributed by atoms with E-state index in [2.05, 4.69) is 10.6 Å². The van der Waals surface area contributed by atoms with Gasteiger partial charge in [0.05, 0.1) is 6.54 Å². The van der Waals surface area contributed by atoms with Gasteiger partial charge in [-0.1, -0.05) is 50.6 Å². The number of imide groups is 1. The summed E-state index contributed by atoms with van der Waals surface area (Å²) in [5.41, 5.74) is 0.856. The van der Waals surface area contributed by atoms with Gasteiger partial charge in [0.1, 0.15) is 5.54 Å². The Labute approximate surface area is 181 Å². The Hall–Kier alpha value is -3.48. The largest absolute Gasteiger partial charge is 0.326 e. The fourth-order valence-corrected chi connectivity index (χ4v) is 3.22. The van der Waals surface area contributed by atoms with Gasteiger partial charge in [-0.25, -0.2) is 4.79 Å². The Kier molecular flexibility index (Phi) is 5.72. The molecular formula is C24H27N3O4. The molecule has 2 N–H and O–H groups in total. The van der Waals surface area contributed by atoms with Crippen molar-refractivity contribution < 1.29 is 19.2 Å². The molecule has 1 aliphatic rings. The lowest BCUT2D eigenvalue weighted by molar-refractivity contribution is -0.130. The number of carbonyl (C=O) groups excluding carboxylic acids is 4.